The van der Waals surface area contributed by atoms with Gasteiger partial charge >= 0.3 is 0 Å². The van der Waals surface area contributed by atoms with Crippen molar-refractivity contribution in [1.29, 1.82) is 0 Å². The van der Waals surface area contributed by atoms with E-state index in [1.54, 1.807) is 17.8 Å². The largest absolute Gasteiger partial charge is 0.324 e. The first-order valence-electron chi connectivity index (χ1n) is 7.46. The summed E-state index contributed by atoms with van der Waals surface area (Å²) in [5.41, 5.74) is 3.23. The van der Waals surface area contributed by atoms with Crippen molar-refractivity contribution in [3.05, 3.63) is 71.3 Å². The Labute approximate surface area is 145 Å². The first-order chi connectivity index (χ1) is 11.5. The van der Waals surface area contributed by atoms with Gasteiger partial charge in [0.15, 0.2) is 0 Å². The Morgan fingerprint density at radius 1 is 1.25 bits per heavy atom. The lowest BCUT2D eigenvalue weighted by molar-refractivity contribution is -0.111. The van der Waals surface area contributed by atoms with Gasteiger partial charge < -0.3 is 9.88 Å². The highest BCUT2D eigenvalue weighted by atomic mass is 35.5. The molecule has 0 saturated carbocycles. The molecule has 0 aliphatic carbocycles. The third-order valence-electron chi connectivity index (χ3n) is 3.61. The van der Waals surface area contributed by atoms with Crippen molar-refractivity contribution in [3.63, 3.8) is 0 Å². The Kier molecular flexibility index (Phi) is 4.53. The van der Waals surface area contributed by atoms with E-state index in [0.717, 1.165) is 22.6 Å². The van der Waals surface area contributed by atoms with Crippen LogP contribution in [0.15, 0.2) is 54.9 Å². The summed E-state index contributed by atoms with van der Waals surface area (Å²) in [6.45, 7) is 1.85. The zero-order valence-electron chi connectivity index (χ0n) is 13.4. The number of rotatable bonds is 4. The van der Waals surface area contributed by atoms with Crippen LogP contribution in [0.5, 0.6) is 0 Å². The fourth-order valence-corrected chi connectivity index (χ4v) is 2.67. The number of carbonyl (C=O) groups excluding carboxylic acids is 1. The average Bonchev–Trinajstić information content (AvgIpc) is 3.16. The van der Waals surface area contributed by atoms with Crippen molar-refractivity contribution in [2.75, 3.05) is 5.32 Å². The number of halogens is 1. The number of aromatic nitrogens is 3. The molecule has 1 N–H and O–H groups in total. The molecule has 0 bridgehead atoms. The van der Waals surface area contributed by atoms with Crippen molar-refractivity contribution >= 4 is 29.3 Å². The molecule has 0 radical (unpaired) electrons. The number of hydrogen-bond acceptors (Lipinski definition) is 2. The third kappa shape index (κ3) is 3.41. The highest BCUT2D eigenvalue weighted by Crippen LogP contribution is 2.20. The summed E-state index contributed by atoms with van der Waals surface area (Å²) in [5, 5.41) is 7.57. The summed E-state index contributed by atoms with van der Waals surface area (Å²) >= 11 is 6.15. The Morgan fingerprint density at radius 3 is 2.67 bits per heavy atom. The number of nitrogens with one attached hydrogen (secondary N) is 1. The normalized spacial score (nSPS) is 11.1. The smallest absolute Gasteiger partial charge is 0.248 e. The van der Waals surface area contributed by atoms with E-state index in [1.807, 2.05) is 60.3 Å². The molecular weight excluding hydrogens is 324 g/mol. The summed E-state index contributed by atoms with van der Waals surface area (Å²) in [6, 6.07) is 11.5. The zero-order valence-corrected chi connectivity index (χ0v) is 14.2. The molecule has 6 heteroatoms. The molecule has 0 atom stereocenters. The minimum absolute atomic E-state index is 0.223. The molecule has 0 aliphatic rings. The van der Waals surface area contributed by atoms with Gasteiger partial charge in [0.25, 0.3) is 0 Å². The number of amides is 1. The molecule has 0 saturated heterocycles. The minimum atomic E-state index is -0.223. The molecule has 3 rings (SSSR count). The second-order valence-corrected chi connectivity index (χ2v) is 5.73. The maximum Gasteiger partial charge on any atom is 0.248 e. The van der Waals surface area contributed by atoms with Gasteiger partial charge in [-0.1, -0.05) is 17.7 Å². The van der Waals surface area contributed by atoms with Gasteiger partial charge in [-0.2, -0.15) is 5.10 Å². The van der Waals surface area contributed by atoms with Crippen molar-refractivity contribution in [1.82, 2.24) is 14.3 Å². The van der Waals surface area contributed by atoms with E-state index in [0.29, 0.717) is 5.15 Å². The molecule has 122 valence electrons. The molecule has 2 aromatic heterocycles. The number of anilines is 1. The first-order valence-corrected chi connectivity index (χ1v) is 7.84. The van der Waals surface area contributed by atoms with Gasteiger partial charge in [-0.25, -0.2) is 0 Å². The van der Waals surface area contributed by atoms with Crippen LogP contribution in [0.3, 0.4) is 0 Å². The van der Waals surface area contributed by atoms with E-state index in [4.69, 9.17) is 11.6 Å². The van der Waals surface area contributed by atoms with Gasteiger partial charge in [-0.3, -0.25) is 9.48 Å². The summed E-state index contributed by atoms with van der Waals surface area (Å²) in [4.78, 5) is 12.1. The molecule has 0 unspecified atom stereocenters. The fourth-order valence-electron chi connectivity index (χ4n) is 2.43. The summed E-state index contributed by atoms with van der Waals surface area (Å²) < 4.78 is 3.55. The molecule has 5 nitrogen and oxygen atoms in total. The third-order valence-corrected chi connectivity index (χ3v) is 4.06. The summed E-state index contributed by atoms with van der Waals surface area (Å²) in [6.07, 6.45) is 7.04. The van der Waals surface area contributed by atoms with Crippen molar-refractivity contribution in [3.8, 4) is 5.69 Å². The molecule has 24 heavy (non-hydrogen) atoms. The van der Waals surface area contributed by atoms with Gasteiger partial charge in [0.1, 0.15) is 5.15 Å². The Bertz CT molecular complexity index is 894. The van der Waals surface area contributed by atoms with Crippen molar-refractivity contribution in [2.45, 2.75) is 6.92 Å². The predicted molar refractivity (Wildman–Crippen MR) is 96.4 cm³/mol. The van der Waals surface area contributed by atoms with Crippen LogP contribution in [0.25, 0.3) is 11.8 Å². The number of nitrogens with zero attached hydrogens (tertiary/aromatic N) is 3. The lowest BCUT2D eigenvalue weighted by Crippen LogP contribution is -2.08. The molecule has 0 spiro atoms. The zero-order chi connectivity index (χ0) is 17.1. The van der Waals surface area contributed by atoms with E-state index < -0.39 is 0 Å². The van der Waals surface area contributed by atoms with Gasteiger partial charge in [0.05, 0.1) is 5.69 Å². The molecule has 1 aromatic carbocycles. The highest BCUT2D eigenvalue weighted by molar-refractivity contribution is 6.31. The van der Waals surface area contributed by atoms with Gasteiger partial charge in [0.2, 0.25) is 5.91 Å². The number of carbonyl (C=O) groups is 1. The van der Waals surface area contributed by atoms with Crippen LogP contribution in [0, 0.1) is 6.92 Å². The van der Waals surface area contributed by atoms with Crippen LogP contribution in [0.2, 0.25) is 5.15 Å². The van der Waals surface area contributed by atoms with Crippen LogP contribution in [0.4, 0.5) is 5.69 Å². The number of hydrogen-bond donors (Lipinski definition) is 1. The average molecular weight is 341 g/mol. The molecular formula is C18H17ClN4O. The van der Waals surface area contributed by atoms with Crippen molar-refractivity contribution < 1.29 is 4.79 Å². The molecule has 0 fully saturated rings. The summed E-state index contributed by atoms with van der Waals surface area (Å²) in [7, 11) is 1.76. The monoisotopic (exact) mass is 340 g/mol. The van der Waals surface area contributed by atoms with Gasteiger partial charge in [-0.05, 0) is 43.3 Å². The van der Waals surface area contributed by atoms with Crippen LogP contribution < -0.4 is 5.32 Å². The predicted octanol–water partition coefficient (Wildman–Crippen LogP) is 3.82. The molecule has 1 amide bonds. The van der Waals surface area contributed by atoms with Crippen LogP contribution in [0.1, 0.15) is 11.3 Å². The Hall–Kier alpha value is -2.79. The van der Waals surface area contributed by atoms with Gasteiger partial charge in [0, 0.05) is 42.5 Å². The van der Waals surface area contributed by atoms with E-state index in [-0.39, 0.29) is 5.91 Å². The Balaban J connectivity index is 1.73. The minimum Gasteiger partial charge on any atom is -0.324 e. The quantitative estimate of drug-likeness (QED) is 0.734. The maximum atomic E-state index is 12.1. The summed E-state index contributed by atoms with van der Waals surface area (Å²) in [5.74, 6) is -0.223. The second kappa shape index (κ2) is 6.76. The van der Waals surface area contributed by atoms with Crippen LogP contribution in [-0.4, -0.2) is 20.3 Å². The van der Waals surface area contributed by atoms with E-state index >= 15 is 0 Å². The lowest BCUT2D eigenvalue weighted by Gasteiger charge is -2.06. The lowest BCUT2D eigenvalue weighted by atomic mass is 10.2. The number of benzene rings is 1. The number of aryl methyl sites for hydroxylation is 2. The van der Waals surface area contributed by atoms with Crippen molar-refractivity contribution in [2.24, 2.45) is 7.05 Å². The molecule has 2 heterocycles. The van der Waals surface area contributed by atoms with E-state index in [1.165, 1.54) is 6.08 Å². The molecule has 0 aliphatic heterocycles. The standard InChI is InChI=1S/C18H17ClN4O/c1-13-16(18(19)22(2)21-13)8-9-17(24)20-14-6-5-7-15(12-14)23-10-3-4-11-23/h3-12H,1-2H3,(H,20,24). The topological polar surface area (TPSA) is 51.9 Å². The molecule has 3 aromatic rings. The van der Waals surface area contributed by atoms with Gasteiger partial charge in [-0.15, -0.1) is 0 Å². The fraction of sp³-hybridized carbons (Fsp3) is 0.111. The SMILES string of the molecule is Cc1nn(C)c(Cl)c1C=CC(=O)Nc1cccc(-n2cccc2)c1. The van der Waals surface area contributed by atoms with E-state index in [2.05, 4.69) is 10.4 Å². The second-order valence-electron chi connectivity index (χ2n) is 5.38. The Morgan fingerprint density at radius 2 is 2.00 bits per heavy atom. The maximum absolute atomic E-state index is 12.1. The highest BCUT2D eigenvalue weighted by Gasteiger charge is 2.08. The van der Waals surface area contributed by atoms with E-state index in [9.17, 15) is 4.79 Å². The van der Waals surface area contributed by atoms with Crippen LogP contribution >= 0.6 is 11.6 Å². The van der Waals surface area contributed by atoms with Crippen LogP contribution in [-0.2, 0) is 11.8 Å². The first kappa shape index (κ1) is 16.1.